The molecule has 0 fully saturated rings. The number of para-hydroxylation sites is 2. The first-order valence-electron chi connectivity index (χ1n) is 5.68. The van der Waals surface area contributed by atoms with Gasteiger partial charge in [0.25, 0.3) is 0 Å². The van der Waals surface area contributed by atoms with E-state index < -0.39 is 6.10 Å². The first-order chi connectivity index (χ1) is 7.81. The number of fused-ring (bicyclic) bond motifs is 1. The van der Waals surface area contributed by atoms with E-state index in [1.165, 1.54) is 0 Å². The molecule has 0 aromatic heterocycles. The third-order valence-corrected chi connectivity index (χ3v) is 2.81. The summed E-state index contributed by atoms with van der Waals surface area (Å²) >= 11 is 0. The largest absolute Gasteiger partial charge is 0.394 e. The van der Waals surface area contributed by atoms with E-state index in [0.29, 0.717) is 6.54 Å². The van der Waals surface area contributed by atoms with Crippen molar-refractivity contribution in [3.63, 3.8) is 0 Å². The van der Waals surface area contributed by atoms with Crippen molar-refractivity contribution in [1.82, 2.24) is 0 Å². The van der Waals surface area contributed by atoms with E-state index >= 15 is 0 Å². The molecule has 1 unspecified atom stereocenters. The highest BCUT2D eigenvalue weighted by molar-refractivity contribution is 5.70. The van der Waals surface area contributed by atoms with Gasteiger partial charge in [0.2, 0.25) is 0 Å². The summed E-state index contributed by atoms with van der Waals surface area (Å²) in [5, 5.41) is 21.8. The number of nitrogens with one attached hydrogen (secondary N) is 1. The highest BCUT2D eigenvalue weighted by Gasteiger charge is 2.16. The predicted molar refractivity (Wildman–Crippen MR) is 64.9 cm³/mol. The summed E-state index contributed by atoms with van der Waals surface area (Å²) in [6, 6.07) is 8.07. The Bertz CT molecular complexity index is 344. The van der Waals surface area contributed by atoms with Gasteiger partial charge in [-0.25, -0.2) is 0 Å². The Balaban J connectivity index is 2.19. The molecule has 0 spiro atoms. The Kier molecular flexibility index (Phi) is 3.64. The first-order valence-corrected chi connectivity index (χ1v) is 5.68. The molecule has 0 saturated heterocycles. The van der Waals surface area contributed by atoms with Gasteiger partial charge in [-0.05, 0) is 18.6 Å². The normalized spacial score (nSPS) is 17.2. The summed E-state index contributed by atoms with van der Waals surface area (Å²) in [5.74, 6) is 0. The van der Waals surface area contributed by atoms with Crippen molar-refractivity contribution in [2.75, 3.05) is 36.5 Å². The number of β-amino-alcohol motifs (C(OH)–C–C–N with tert-alkyl or cyclic N) is 1. The van der Waals surface area contributed by atoms with Crippen LogP contribution < -0.4 is 10.2 Å². The lowest BCUT2D eigenvalue weighted by Gasteiger charge is -2.26. The summed E-state index contributed by atoms with van der Waals surface area (Å²) < 4.78 is 0. The van der Waals surface area contributed by atoms with Crippen molar-refractivity contribution in [3.05, 3.63) is 24.3 Å². The number of anilines is 2. The number of rotatable bonds is 3. The van der Waals surface area contributed by atoms with Crippen molar-refractivity contribution in [3.8, 4) is 0 Å². The molecule has 1 aromatic carbocycles. The van der Waals surface area contributed by atoms with Crippen LogP contribution in [-0.4, -0.2) is 42.6 Å². The van der Waals surface area contributed by atoms with Gasteiger partial charge in [0.05, 0.1) is 24.1 Å². The summed E-state index contributed by atoms with van der Waals surface area (Å²) in [6.07, 6.45) is 0.360. The maximum atomic E-state index is 9.52. The van der Waals surface area contributed by atoms with E-state index in [0.717, 1.165) is 30.9 Å². The highest BCUT2D eigenvalue weighted by Crippen LogP contribution is 2.27. The predicted octanol–water partition coefficient (Wildman–Crippen LogP) is 0.662. The van der Waals surface area contributed by atoms with E-state index in [-0.39, 0.29) is 6.61 Å². The van der Waals surface area contributed by atoms with Crippen LogP contribution in [0.4, 0.5) is 11.4 Å². The number of nitrogens with zero attached hydrogens (tertiary/aromatic N) is 1. The summed E-state index contributed by atoms with van der Waals surface area (Å²) in [4.78, 5) is 2.12. The molecule has 3 N–H and O–H groups in total. The molecule has 0 saturated carbocycles. The van der Waals surface area contributed by atoms with Crippen molar-refractivity contribution in [2.45, 2.75) is 12.5 Å². The van der Waals surface area contributed by atoms with Crippen molar-refractivity contribution in [1.29, 1.82) is 0 Å². The number of hydrogen-bond acceptors (Lipinski definition) is 4. The average Bonchev–Trinajstić information content (AvgIpc) is 2.52. The molecule has 0 radical (unpaired) electrons. The van der Waals surface area contributed by atoms with Gasteiger partial charge in [0.15, 0.2) is 0 Å². The van der Waals surface area contributed by atoms with Gasteiger partial charge in [0.1, 0.15) is 0 Å². The van der Waals surface area contributed by atoms with Crippen LogP contribution >= 0.6 is 0 Å². The lowest BCUT2D eigenvalue weighted by atomic mass is 10.2. The Morgan fingerprint density at radius 3 is 3.00 bits per heavy atom. The Hall–Kier alpha value is -1.26. The van der Waals surface area contributed by atoms with Crippen LogP contribution in [0.1, 0.15) is 6.42 Å². The number of hydrogen-bond donors (Lipinski definition) is 3. The average molecular weight is 222 g/mol. The fraction of sp³-hybridized carbons (Fsp3) is 0.500. The maximum absolute atomic E-state index is 9.52. The monoisotopic (exact) mass is 222 g/mol. The lowest BCUT2D eigenvalue weighted by Crippen LogP contribution is -2.34. The second kappa shape index (κ2) is 5.18. The van der Waals surface area contributed by atoms with Crippen LogP contribution in [0.3, 0.4) is 0 Å². The summed E-state index contributed by atoms with van der Waals surface area (Å²) in [7, 11) is 0. The molecule has 88 valence electrons. The molecule has 16 heavy (non-hydrogen) atoms. The van der Waals surface area contributed by atoms with E-state index in [4.69, 9.17) is 5.11 Å². The molecule has 1 aliphatic heterocycles. The van der Waals surface area contributed by atoms with Gasteiger partial charge in [-0.15, -0.1) is 0 Å². The molecule has 0 aliphatic carbocycles. The van der Waals surface area contributed by atoms with E-state index in [2.05, 4.69) is 10.2 Å². The zero-order valence-corrected chi connectivity index (χ0v) is 9.26. The van der Waals surface area contributed by atoms with Crippen LogP contribution in [-0.2, 0) is 0 Å². The first kappa shape index (κ1) is 11.2. The minimum absolute atomic E-state index is 0.188. The van der Waals surface area contributed by atoms with Crippen LogP contribution in [0, 0.1) is 0 Å². The second-order valence-electron chi connectivity index (χ2n) is 4.08. The molecule has 2 rings (SSSR count). The van der Waals surface area contributed by atoms with Crippen molar-refractivity contribution in [2.24, 2.45) is 0 Å². The third kappa shape index (κ3) is 2.46. The molecule has 1 aliphatic rings. The minimum Gasteiger partial charge on any atom is -0.394 e. The number of aliphatic hydroxyl groups is 2. The molecule has 4 heteroatoms. The van der Waals surface area contributed by atoms with Gasteiger partial charge < -0.3 is 20.4 Å². The van der Waals surface area contributed by atoms with Gasteiger partial charge in [-0.3, -0.25) is 0 Å². The maximum Gasteiger partial charge on any atom is 0.0945 e. The smallest absolute Gasteiger partial charge is 0.0945 e. The zero-order valence-electron chi connectivity index (χ0n) is 9.26. The van der Waals surface area contributed by atoms with Crippen LogP contribution in [0.25, 0.3) is 0 Å². The van der Waals surface area contributed by atoms with Gasteiger partial charge in [0, 0.05) is 19.6 Å². The third-order valence-electron chi connectivity index (χ3n) is 2.81. The number of benzene rings is 1. The Morgan fingerprint density at radius 2 is 2.19 bits per heavy atom. The second-order valence-corrected chi connectivity index (χ2v) is 4.08. The molecule has 1 heterocycles. The van der Waals surface area contributed by atoms with Crippen LogP contribution in [0.5, 0.6) is 0 Å². The fourth-order valence-electron chi connectivity index (χ4n) is 2.01. The lowest BCUT2D eigenvalue weighted by molar-refractivity contribution is 0.0999. The van der Waals surface area contributed by atoms with E-state index in [1.807, 2.05) is 24.3 Å². The minimum atomic E-state index is -0.675. The number of aliphatic hydroxyl groups excluding tert-OH is 2. The Morgan fingerprint density at radius 1 is 1.38 bits per heavy atom. The summed E-state index contributed by atoms with van der Waals surface area (Å²) in [5.41, 5.74) is 2.21. The van der Waals surface area contributed by atoms with E-state index in [1.54, 1.807) is 0 Å². The molecule has 0 bridgehead atoms. The van der Waals surface area contributed by atoms with E-state index in [9.17, 15) is 5.11 Å². The van der Waals surface area contributed by atoms with Crippen molar-refractivity contribution < 1.29 is 10.2 Å². The van der Waals surface area contributed by atoms with Crippen molar-refractivity contribution >= 4 is 11.4 Å². The molecule has 1 aromatic rings. The molecular formula is C12H18N2O2. The van der Waals surface area contributed by atoms with Crippen LogP contribution in [0.2, 0.25) is 0 Å². The van der Waals surface area contributed by atoms with Crippen LogP contribution in [0.15, 0.2) is 24.3 Å². The fourth-order valence-corrected chi connectivity index (χ4v) is 2.01. The Labute approximate surface area is 95.5 Å². The molecule has 1 atom stereocenters. The zero-order chi connectivity index (χ0) is 11.4. The SMILES string of the molecule is OCC(O)CN1CCCNc2ccccc21. The molecule has 4 nitrogen and oxygen atoms in total. The summed E-state index contributed by atoms with van der Waals surface area (Å²) in [6.45, 7) is 2.14. The van der Waals surface area contributed by atoms with Gasteiger partial charge >= 0.3 is 0 Å². The molecule has 0 amide bonds. The van der Waals surface area contributed by atoms with Gasteiger partial charge in [-0.1, -0.05) is 12.1 Å². The molecular weight excluding hydrogens is 204 g/mol. The quantitative estimate of drug-likeness (QED) is 0.703. The van der Waals surface area contributed by atoms with Gasteiger partial charge in [-0.2, -0.15) is 0 Å². The highest BCUT2D eigenvalue weighted by atomic mass is 16.3. The topological polar surface area (TPSA) is 55.7 Å². The standard InChI is InChI=1S/C12H18N2O2/c15-9-10(16)8-14-7-3-6-13-11-4-1-2-5-12(11)14/h1-2,4-5,10,13,15-16H,3,6-9H2.